The molecule has 0 aliphatic carbocycles. The first kappa shape index (κ1) is 13.8. The van der Waals surface area contributed by atoms with E-state index in [-0.39, 0.29) is 0 Å². The summed E-state index contributed by atoms with van der Waals surface area (Å²) in [6.07, 6.45) is 6.75. The third-order valence-corrected chi connectivity index (χ3v) is 3.45. The number of carbonyl (C=O) groups is 1. The minimum atomic E-state index is -0.552. The van der Waals surface area contributed by atoms with Crippen LogP contribution in [0.15, 0.2) is 61.2 Å². The first-order valence-electron chi connectivity index (χ1n) is 6.71. The van der Waals surface area contributed by atoms with Gasteiger partial charge in [0.05, 0.1) is 11.3 Å². The molecule has 0 spiro atoms. The minimum Gasteiger partial charge on any atom is -0.398 e. The van der Waals surface area contributed by atoms with Crippen molar-refractivity contribution < 1.29 is 4.79 Å². The molecule has 0 saturated heterocycles. The van der Waals surface area contributed by atoms with Crippen molar-refractivity contribution in [1.82, 2.24) is 9.97 Å². The van der Waals surface area contributed by atoms with E-state index < -0.39 is 5.91 Å². The number of hydrogen-bond acceptors (Lipinski definition) is 4. The number of amides is 1. The van der Waals surface area contributed by atoms with Crippen molar-refractivity contribution in [2.75, 3.05) is 5.73 Å². The van der Waals surface area contributed by atoms with Crippen LogP contribution in [0, 0.1) is 0 Å². The number of primary amides is 1. The summed E-state index contributed by atoms with van der Waals surface area (Å²) in [4.78, 5) is 19.7. The van der Waals surface area contributed by atoms with Gasteiger partial charge in [0.2, 0.25) is 0 Å². The summed E-state index contributed by atoms with van der Waals surface area (Å²) in [5.41, 5.74) is 15.7. The van der Waals surface area contributed by atoms with Crippen LogP contribution in [0.25, 0.3) is 22.3 Å². The molecule has 0 saturated carbocycles. The lowest BCUT2D eigenvalue weighted by molar-refractivity contribution is 0.100. The quantitative estimate of drug-likeness (QED) is 0.724. The molecule has 0 aliphatic rings. The number of anilines is 1. The second-order valence-corrected chi connectivity index (χ2v) is 4.82. The van der Waals surface area contributed by atoms with Gasteiger partial charge in [0, 0.05) is 30.4 Å². The lowest BCUT2D eigenvalue weighted by atomic mass is 9.94. The van der Waals surface area contributed by atoms with Crippen molar-refractivity contribution in [2.24, 2.45) is 5.73 Å². The fraction of sp³-hybridized carbons (Fsp3) is 0. The Kier molecular flexibility index (Phi) is 3.53. The molecule has 2 aromatic heterocycles. The molecule has 0 atom stereocenters. The molecule has 108 valence electrons. The maximum absolute atomic E-state index is 11.7. The number of aromatic nitrogens is 2. The van der Waals surface area contributed by atoms with Crippen LogP contribution in [0.5, 0.6) is 0 Å². The van der Waals surface area contributed by atoms with E-state index in [0.717, 1.165) is 22.3 Å². The van der Waals surface area contributed by atoms with Gasteiger partial charge in [-0.1, -0.05) is 0 Å². The number of benzene rings is 1. The largest absolute Gasteiger partial charge is 0.398 e. The van der Waals surface area contributed by atoms with Crippen molar-refractivity contribution in [2.45, 2.75) is 0 Å². The average molecular weight is 290 g/mol. The van der Waals surface area contributed by atoms with Crippen LogP contribution in [0.2, 0.25) is 0 Å². The molecule has 0 bridgehead atoms. The highest BCUT2D eigenvalue weighted by Gasteiger charge is 2.14. The van der Waals surface area contributed by atoms with Gasteiger partial charge >= 0.3 is 0 Å². The summed E-state index contributed by atoms with van der Waals surface area (Å²) in [6.45, 7) is 0. The second-order valence-electron chi connectivity index (χ2n) is 4.82. The lowest BCUT2D eigenvalue weighted by Crippen LogP contribution is -2.14. The average Bonchev–Trinajstić information content (AvgIpc) is 2.56. The topological polar surface area (TPSA) is 94.9 Å². The van der Waals surface area contributed by atoms with Crippen molar-refractivity contribution in [3.05, 3.63) is 66.7 Å². The Balaban J connectivity index is 2.26. The van der Waals surface area contributed by atoms with E-state index in [4.69, 9.17) is 11.5 Å². The zero-order valence-electron chi connectivity index (χ0n) is 11.7. The maximum atomic E-state index is 11.7. The predicted molar refractivity (Wildman–Crippen MR) is 85.8 cm³/mol. The van der Waals surface area contributed by atoms with Crippen LogP contribution in [-0.2, 0) is 0 Å². The molecule has 1 amide bonds. The molecule has 0 unspecified atom stereocenters. The highest BCUT2D eigenvalue weighted by Crippen LogP contribution is 2.33. The summed E-state index contributed by atoms with van der Waals surface area (Å²) in [5, 5.41) is 0. The second kappa shape index (κ2) is 5.65. The smallest absolute Gasteiger partial charge is 0.250 e. The number of hydrogen-bond donors (Lipinski definition) is 2. The van der Waals surface area contributed by atoms with Crippen LogP contribution in [0.4, 0.5) is 5.69 Å². The van der Waals surface area contributed by atoms with Gasteiger partial charge in [0.25, 0.3) is 5.91 Å². The van der Waals surface area contributed by atoms with Gasteiger partial charge < -0.3 is 11.5 Å². The third-order valence-electron chi connectivity index (χ3n) is 3.45. The highest BCUT2D eigenvalue weighted by atomic mass is 16.1. The van der Waals surface area contributed by atoms with Crippen molar-refractivity contribution in [3.63, 3.8) is 0 Å². The Morgan fingerprint density at radius 3 is 1.91 bits per heavy atom. The Bertz CT molecular complexity index is 817. The number of nitrogens with zero attached hydrogens (tertiary/aromatic N) is 2. The molecule has 3 aromatic rings. The molecule has 0 fully saturated rings. The van der Waals surface area contributed by atoms with E-state index in [1.165, 1.54) is 0 Å². The van der Waals surface area contributed by atoms with Gasteiger partial charge in [-0.2, -0.15) is 0 Å². The van der Waals surface area contributed by atoms with E-state index in [2.05, 4.69) is 9.97 Å². The Morgan fingerprint density at radius 1 is 0.818 bits per heavy atom. The zero-order valence-corrected chi connectivity index (χ0v) is 11.7. The summed E-state index contributed by atoms with van der Waals surface area (Å²) in [7, 11) is 0. The summed E-state index contributed by atoms with van der Waals surface area (Å²) in [5.74, 6) is -0.552. The first-order valence-corrected chi connectivity index (χ1v) is 6.71. The zero-order chi connectivity index (χ0) is 15.5. The molecule has 5 nitrogen and oxygen atoms in total. The molecular formula is C17H14N4O. The number of rotatable bonds is 3. The molecular weight excluding hydrogens is 276 g/mol. The maximum Gasteiger partial charge on any atom is 0.250 e. The molecule has 0 aliphatic heterocycles. The van der Waals surface area contributed by atoms with Crippen LogP contribution in [0.3, 0.4) is 0 Å². The number of nitrogens with two attached hydrogens (primary N) is 2. The summed E-state index contributed by atoms with van der Waals surface area (Å²) in [6, 6.07) is 11.1. The number of carbonyl (C=O) groups excluding carboxylic acids is 1. The molecule has 5 heteroatoms. The Labute approximate surface area is 127 Å². The fourth-order valence-corrected chi connectivity index (χ4v) is 2.34. The van der Waals surface area contributed by atoms with Gasteiger partial charge in [-0.15, -0.1) is 0 Å². The fourth-order valence-electron chi connectivity index (χ4n) is 2.34. The lowest BCUT2D eigenvalue weighted by Gasteiger charge is -2.13. The Hall–Kier alpha value is -3.21. The normalized spacial score (nSPS) is 10.4. The van der Waals surface area contributed by atoms with Gasteiger partial charge in [0.15, 0.2) is 0 Å². The number of nitrogen functional groups attached to an aromatic ring is 1. The van der Waals surface area contributed by atoms with E-state index in [1.54, 1.807) is 30.9 Å². The van der Waals surface area contributed by atoms with Gasteiger partial charge in [0.1, 0.15) is 0 Å². The first-order chi connectivity index (χ1) is 10.7. The minimum absolute atomic E-state index is 0.307. The van der Waals surface area contributed by atoms with Crippen molar-refractivity contribution >= 4 is 11.6 Å². The predicted octanol–water partition coefficient (Wildman–Crippen LogP) is 2.49. The monoisotopic (exact) mass is 290 g/mol. The van der Waals surface area contributed by atoms with E-state index in [9.17, 15) is 4.79 Å². The Morgan fingerprint density at radius 2 is 1.36 bits per heavy atom. The van der Waals surface area contributed by atoms with Crippen LogP contribution in [0.1, 0.15) is 10.4 Å². The van der Waals surface area contributed by atoms with Crippen LogP contribution >= 0.6 is 0 Å². The highest BCUT2D eigenvalue weighted by molar-refractivity contribution is 6.03. The standard InChI is InChI=1S/C17H14N4O/c18-16-14(12-3-7-21-8-4-12)9-13(10-15(16)17(19)22)11-1-5-20-6-2-11/h1-10H,18H2,(H2,19,22). The van der Waals surface area contributed by atoms with Crippen molar-refractivity contribution in [3.8, 4) is 22.3 Å². The van der Waals surface area contributed by atoms with Crippen LogP contribution in [-0.4, -0.2) is 15.9 Å². The molecule has 22 heavy (non-hydrogen) atoms. The number of pyridine rings is 2. The van der Waals surface area contributed by atoms with E-state index in [1.807, 2.05) is 30.3 Å². The van der Waals surface area contributed by atoms with E-state index >= 15 is 0 Å². The summed E-state index contributed by atoms with van der Waals surface area (Å²) >= 11 is 0. The molecule has 0 radical (unpaired) electrons. The molecule has 4 N–H and O–H groups in total. The molecule has 1 aromatic carbocycles. The molecule has 2 heterocycles. The van der Waals surface area contributed by atoms with E-state index in [0.29, 0.717) is 11.3 Å². The molecule has 3 rings (SSSR count). The van der Waals surface area contributed by atoms with Gasteiger partial charge in [-0.05, 0) is 53.1 Å². The van der Waals surface area contributed by atoms with Crippen molar-refractivity contribution in [1.29, 1.82) is 0 Å². The van der Waals surface area contributed by atoms with Gasteiger partial charge in [-0.3, -0.25) is 14.8 Å². The van der Waals surface area contributed by atoms with Gasteiger partial charge in [-0.25, -0.2) is 0 Å². The SMILES string of the molecule is NC(=O)c1cc(-c2ccncc2)cc(-c2ccncc2)c1N. The third kappa shape index (κ3) is 2.52. The van der Waals surface area contributed by atoms with Crippen LogP contribution < -0.4 is 11.5 Å². The summed E-state index contributed by atoms with van der Waals surface area (Å²) < 4.78 is 0.